The van der Waals surface area contributed by atoms with Crippen molar-refractivity contribution in [3.05, 3.63) is 72.2 Å². The Bertz CT molecular complexity index is 1450. The summed E-state index contributed by atoms with van der Waals surface area (Å²) in [5, 5.41) is 27.6. The van der Waals surface area contributed by atoms with Gasteiger partial charge in [-0.25, -0.2) is 4.98 Å². The van der Waals surface area contributed by atoms with Crippen molar-refractivity contribution in [2.75, 3.05) is 5.32 Å². The van der Waals surface area contributed by atoms with E-state index in [1.807, 2.05) is 12.1 Å². The molecule has 0 aliphatic heterocycles. The number of nitrogens with one attached hydrogen (secondary N) is 1. The first-order valence-corrected chi connectivity index (χ1v) is 11.4. The van der Waals surface area contributed by atoms with Gasteiger partial charge < -0.3 is 15.0 Å². The highest BCUT2D eigenvalue weighted by Crippen LogP contribution is 2.27. The molecule has 0 aliphatic rings. The molecule has 0 saturated carbocycles. The Morgan fingerprint density at radius 1 is 1.30 bits per heavy atom. The Kier molecular flexibility index (Phi) is 6.36. The number of aliphatic carboxylic acids is 1. The topological polar surface area (TPSA) is 143 Å². The number of hydrogen-bond donors (Lipinski definition) is 2. The van der Waals surface area contributed by atoms with Crippen molar-refractivity contribution >= 4 is 52.0 Å². The predicted octanol–water partition coefficient (Wildman–Crippen LogP) is 3.14. The lowest BCUT2D eigenvalue weighted by Gasteiger charge is -2.06. The molecule has 0 radical (unpaired) electrons. The molecule has 4 aromatic rings. The van der Waals surface area contributed by atoms with Crippen LogP contribution in [0, 0.1) is 11.3 Å². The molecule has 0 unspecified atom stereocenters. The van der Waals surface area contributed by atoms with Gasteiger partial charge in [0, 0.05) is 34.2 Å². The van der Waals surface area contributed by atoms with Crippen LogP contribution in [0.3, 0.4) is 0 Å². The molecule has 4 aromatic heterocycles. The molecule has 0 fully saturated rings. The van der Waals surface area contributed by atoms with Gasteiger partial charge in [-0.3, -0.25) is 14.4 Å². The van der Waals surface area contributed by atoms with E-state index in [9.17, 15) is 19.6 Å². The molecule has 2 N–H and O–H groups in total. The number of pyridine rings is 1. The van der Waals surface area contributed by atoms with E-state index in [2.05, 4.69) is 15.4 Å². The Morgan fingerprint density at radius 3 is 2.76 bits per heavy atom. The summed E-state index contributed by atoms with van der Waals surface area (Å²) in [6.45, 7) is -0.225. The van der Waals surface area contributed by atoms with Crippen molar-refractivity contribution in [2.24, 2.45) is 0 Å². The Labute approximate surface area is 198 Å². The maximum absolute atomic E-state index is 13.0. The number of hydrogen-bond acceptors (Lipinski definition) is 9. The Morgan fingerprint density at radius 2 is 2.12 bits per heavy atom. The lowest BCUT2D eigenvalue weighted by molar-refractivity contribution is -0.137. The SMILES string of the molecule is N#Cc1cc(=O)n(CC(=O)O)cc1-c1cc(NCc2ccc(Cl)s2)n(C(=O)c2cscn2)n1. The molecule has 0 aliphatic carbocycles. The molecule has 4 heterocycles. The Hall–Kier alpha value is -3.79. The van der Waals surface area contributed by atoms with Crippen LogP contribution in [0.5, 0.6) is 0 Å². The maximum Gasteiger partial charge on any atom is 0.323 e. The minimum atomic E-state index is -1.21. The van der Waals surface area contributed by atoms with Crippen LogP contribution in [0.25, 0.3) is 11.3 Å². The van der Waals surface area contributed by atoms with Crippen LogP contribution in [0.1, 0.15) is 20.9 Å². The number of nitriles is 1. The summed E-state index contributed by atoms with van der Waals surface area (Å²) in [5.74, 6) is -1.38. The summed E-state index contributed by atoms with van der Waals surface area (Å²) in [5.41, 5.74) is 1.50. The lowest BCUT2D eigenvalue weighted by Crippen LogP contribution is -2.23. The van der Waals surface area contributed by atoms with Crippen LogP contribution < -0.4 is 10.9 Å². The maximum atomic E-state index is 13.0. The zero-order valence-corrected chi connectivity index (χ0v) is 18.9. The van der Waals surface area contributed by atoms with E-state index < -0.39 is 24.0 Å². The quantitative estimate of drug-likeness (QED) is 0.394. The van der Waals surface area contributed by atoms with E-state index in [4.69, 9.17) is 16.7 Å². The summed E-state index contributed by atoms with van der Waals surface area (Å²) in [6, 6.07) is 8.12. The fourth-order valence-corrected chi connectivity index (χ4v) is 4.54. The molecule has 4 rings (SSSR count). The number of nitrogens with zero attached hydrogens (tertiary/aromatic N) is 5. The summed E-state index contributed by atoms with van der Waals surface area (Å²) in [7, 11) is 0. The molecule has 13 heteroatoms. The van der Waals surface area contributed by atoms with Crippen molar-refractivity contribution < 1.29 is 14.7 Å². The van der Waals surface area contributed by atoms with Crippen molar-refractivity contribution in [2.45, 2.75) is 13.1 Å². The van der Waals surface area contributed by atoms with Gasteiger partial charge in [-0.05, 0) is 12.1 Å². The van der Waals surface area contributed by atoms with Gasteiger partial charge in [-0.15, -0.1) is 22.7 Å². The molecule has 0 spiro atoms. The molecule has 166 valence electrons. The Balaban J connectivity index is 1.79. The first kappa shape index (κ1) is 22.4. The second kappa shape index (κ2) is 9.37. The molecule has 0 saturated heterocycles. The molecule has 33 heavy (non-hydrogen) atoms. The van der Waals surface area contributed by atoms with Gasteiger partial charge in [0.15, 0.2) is 0 Å². The monoisotopic (exact) mass is 500 g/mol. The zero-order chi connectivity index (χ0) is 23.5. The fourth-order valence-electron chi connectivity index (χ4n) is 2.98. The molecule has 0 amide bonds. The van der Waals surface area contributed by atoms with Gasteiger partial charge >= 0.3 is 5.97 Å². The van der Waals surface area contributed by atoms with Gasteiger partial charge in [-0.2, -0.15) is 15.0 Å². The molecule has 0 bridgehead atoms. The molecular formula is C20H13ClN6O4S2. The third-order valence-corrected chi connectivity index (χ3v) is 6.27. The number of carbonyl (C=O) groups is 2. The van der Waals surface area contributed by atoms with E-state index in [0.717, 1.165) is 20.2 Å². The van der Waals surface area contributed by atoms with Crippen LogP contribution in [0.15, 0.2) is 46.1 Å². The van der Waals surface area contributed by atoms with E-state index in [1.165, 1.54) is 34.4 Å². The summed E-state index contributed by atoms with van der Waals surface area (Å²) in [4.78, 5) is 41.2. The average molecular weight is 501 g/mol. The second-order valence-corrected chi connectivity index (χ2v) is 9.16. The van der Waals surface area contributed by atoms with Crippen LogP contribution >= 0.6 is 34.3 Å². The number of carboxylic acids is 1. The molecule has 0 atom stereocenters. The lowest BCUT2D eigenvalue weighted by atomic mass is 10.1. The highest BCUT2D eigenvalue weighted by molar-refractivity contribution is 7.16. The van der Waals surface area contributed by atoms with Crippen LogP contribution in [0.4, 0.5) is 5.82 Å². The fraction of sp³-hybridized carbons (Fsp3) is 0.100. The number of anilines is 1. The van der Waals surface area contributed by atoms with Gasteiger partial charge in [0.2, 0.25) is 0 Å². The largest absolute Gasteiger partial charge is 0.480 e. The van der Waals surface area contributed by atoms with E-state index in [0.29, 0.717) is 16.7 Å². The molecule has 10 nitrogen and oxygen atoms in total. The number of carbonyl (C=O) groups excluding carboxylic acids is 1. The van der Waals surface area contributed by atoms with Crippen molar-refractivity contribution in [3.8, 4) is 17.3 Å². The second-order valence-electron chi connectivity index (χ2n) is 6.64. The van der Waals surface area contributed by atoms with Crippen LogP contribution in [-0.2, 0) is 17.9 Å². The van der Waals surface area contributed by atoms with Crippen LogP contribution in [-0.4, -0.2) is 36.3 Å². The summed E-state index contributed by atoms with van der Waals surface area (Å²) >= 11 is 8.62. The first-order chi connectivity index (χ1) is 15.9. The first-order valence-electron chi connectivity index (χ1n) is 9.23. The number of rotatable bonds is 7. The van der Waals surface area contributed by atoms with Crippen molar-refractivity contribution in [3.63, 3.8) is 0 Å². The normalized spacial score (nSPS) is 10.7. The highest BCUT2D eigenvalue weighted by Gasteiger charge is 2.21. The smallest absolute Gasteiger partial charge is 0.323 e. The van der Waals surface area contributed by atoms with Gasteiger partial charge in [-0.1, -0.05) is 11.6 Å². The summed E-state index contributed by atoms with van der Waals surface area (Å²) < 4.78 is 2.70. The number of aromatic nitrogens is 4. The summed E-state index contributed by atoms with van der Waals surface area (Å²) in [6.07, 6.45) is 1.25. The van der Waals surface area contributed by atoms with E-state index in [1.54, 1.807) is 17.5 Å². The van der Waals surface area contributed by atoms with Gasteiger partial charge in [0.05, 0.1) is 27.6 Å². The van der Waals surface area contributed by atoms with Gasteiger partial charge in [0.25, 0.3) is 11.5 Å². The van der Waals surface area contributed by atoms with Gasteiger partial charge in [0.1, 0.15) is 24.1 Å². The minimum Gasteiger partial charge on any atom is -0.480 e. The molecule has 0 aromatic carbocycles. The van der Waals surface area contributed by atoms with Crippen molar-refractivity contribution in [1.29, 1.82) is 5.26 Å². The number of thiophene rings is 1. The third kappa shape index (κ3) is 4.85. The minimum absolute atomic E-state index is 0.00369. The van der Waals surface area contributed by atoms with E-state index >= 15 is 0 Å². The standard InChI is InChI=1S/C20H13ClN6O4S2/c21-16-2-1-12(33-16)6-23-17-4-14(25-27(17)20(31)15-9-32-10-24-15)13-7-26(8-19(29)30)18(28)3-11(13)5-22/h1-4,7,9-10,23H,6,8H2,(H,29,30). The number of carboxylic acid groups (broad SMARTS) is 1. The highest BCUT2D eigenvalue weighted by atomic mass is 35.5. The van der Waals surface area contributed by atoms with E-state index in [-0.39, 0.29) is 22.5 Å². The van der Waals surface area contributed by atoms with Crippen molar-refractivity contribution in [1.82, 2.24) is 19.3 Å². The average Bonchev–Trinajstić information content (AvgIpc) is 3.53. The third-order valence-electron chi connectivity index (χ3n) is 4.45. The molecular weight excluding hydrogens is 488 g/mol. The number of thiazole rings is 1. The zero-order valence-electron chi connectivity index (χ0n) is 16.6. The number of halogens is 1. The van der Waals surface area contributed by atoms with Crippen LogP contribution in [0.2, 0.25) is 4.34 Å². The predicted molar refractivity (Wildman–Crippen MR) is 123 cm³/mol.